The van der Waals surface area contributed by atoms with Crippen molar-refractivity contribution in [2.24, 2.45) is 5.73 Å². The van der Waals surface area contributed by atoms with Gasteiger partial charge in [0.2, 0.25) is 0 Å². The van der Waals surface area contributed by atoms with Crippen LogP contribution in [0, 0.1) is 0 Å². The molecule has 1 aromatic heterocycles. The molecule has 0 fully saturated rings. The Morgan fingerprint density at radius 2 is 2.21 bits per heavy atom. The van der Waals surface area contributed by atoms with Crippen LogP contribution in [0.5, 0.6) is 0 Å². The Hall–Kier alpha value is -0.760. The summed E-state index contributed by atoms with van der Waals surface area (Å²) in [5.74, 6) is 0. The van der Waals surface area contributed by atoms with Crippen LogP contribution in [0.15, 0.2) is 6.20 Å². The van der Waals surface area contributed by atoms with E-state index in [-0.39, 0.29) is 0 Å². The molecule has 0 aromatic carbocycles. The lowest BCUT2D eigenvalue weighted by atomic mass is 9.93. The van der Waals surface area contributed by atoms with Gasteiger partial charge in [-0.1, -0.05) is 0 Å². The first kappa shape index (κ1) is 9.78. The minimum Gasteiger partial charge on any atom is -0.364 e. The van der Waals surface area contributed by atoms with Gasteiger partial charge in [-0.15, -0.1) is 0 Å². The fourth-order valence-corrected chi connectivity index (χ4v) is 2.29. The topological polar surface area (TPSA) is 41.8 Å². The molecular formula is C12H20N2. The minimum atomic E-state index is 0.323. The molecule has 78 valence electrons. The van der Waals surface area contributed by atoms with Gasteiger partial charge < -0.3 is 10.7 Å². The zero-order valence-corrected chi connectivity index (χ0v) is 8.97. The molecule has 2 rings (SSSR count). The SMILES string of the molecule is CC(N)CCc1c[nH]c2c1CCCC2. The normalized spacial score (nSPS) is 17.9. The Morgan fingerprint density at radius 3 is 3.00 bits per heavy atom. The number of aryl methyl sites for hydroxylation is 2. The average Bonchev–Trinajstić information content (AvgIpc) is 2.58. The highest BCUT2D eigenvalue weighted by Crippen LogP contribution is 2.24. The van der Waals surface area contributed by atoms with Gasteiger partial charge in [0.15, 0.2) is 0 Å². The Kier molecular flexibility index (Phi) is 2.92. The number of H-pyrrole nitrogens is 1. The molecule has 2 nitrogen and oxygen atoms in total. The van der Waals surface area contributed by atoms with Gasteiger partial charge in [-0.2, -0.15) is 0 Å². The van der Waals surface area contributed by atoms with E-state index in [0.717, 1.165) is 12.8 Å². The fourth-order valence-electron chi connectivity index (χ4n) is 2.29. The van der Waals surface area contributed by atoms with Crippen LogP contribution in [-0.2, 0) is 19.3 Å². The summed E-state index contributed by atoms with van der Waals surface area (Å²) in [6.45, 7) is 2.08. The predicted molar refractivity (Wildman–Crippen MR) is 59.4 cm³/mol. The minimum absolute atomic E-state index is 0.323. The first-order valence-corrected chi connectivity index (χ1v) is 5.71. The van der Waals surface area contributed by atoms with Crippen LogP contribution in [0.3, 0.4) is 0 Å². The van der Waals surface area contributed by atoms with Gasteiger partial charge in [-0.3, -0.25) is 0 Å². The Labute approximate surface area is 85.9 Å². The summed E-state index contributed by atoms with van der Waals surface area (Å²) in [5, 5.41) is 0. The molecule has 1 aliphatic carbocycles. The first-order chi connectivity index (χ1) is 6.77. The molecule has 14 heavy (non-hydrogen) atoms. The smallest absolute Gasteiger partial charge is 0.0182 e. The van der Waals surface area contributed by atoms with Gasteiger partial charge in [0.25, 0.3) is 0 Å². The fraction of sp³-hybridized carbons (Fsp3) is 0.667. The molecule has 1 unspecified atom stereocenters. The van der Waals surface area contributed by atoms with Gasteiger partial charge in [0.05, 0.1) is 0 Å². The second-order valence-corrected chi connectivity index (χ2v) is 4.49. The Morgan fingerprint density at radius 1 is 1.43 bits per heavy atom. The van der Waals surface area contributed by atoms with Crippen LogP contribution in [-0.4, -0.2) is 11.0 Å². The van der Waals surface area contributed by atoms with E-state index in [4.69, 9.17) is 5.73 Å². The number of hydrogen-bond donors (Lipinski definition) is 2. The summed E-state index contributed by atoms with van der Waals surface area (Å²) < 4.78 is 0. The Bertz CT molecular complexity index is 299. The quantitative estimate of drug-likeness (QED) is 0.757. The van der Waals surface area contributed by atoms with Crippen LogP contribution in [0.1, 0.15) is 43.0 Å². The number of fused-ring (bicyclic) bond motifs is 1. The number of nitrogens with two attached hydrogens (primary N) is 1. The number of nitrogens with one attached hydrogen (secondary N) is 1. The first-order valence-electron chi connectivity index (χ1n) is 5.71. The van der Waals surface area contributed by atoms with E-state index in [1.807, 2.05) is 0 Å². The third-order valence-corrected chi connectivity index (χ3v) is 3.15. The van der Waals surface area contributed by atoms with E-state index in [2.05, 4.69) is 18.1 Å². The van der Waals surface area contributed by atoms with Crippen LogP contribution in [0.2, 0.25) is 0 Å². The van der Waals surface area contributed by atoms with Crippen molar-refractivity contribution < 1.29 is 0 Å². The number of rotatable bonds is 3. The van der Waals surface area contributed by atoms with Crippen molar-refractivity contribution in [1.29, 1.82) is 0 Å². The predicted octanol–water partition coefficient (Wildman–Crippen LogP) is 2.17. The second kappa shape index (κ2) is 4.18. The Balaban J connectivity index is 2.06. The molecular weight excluding hydrogens is 172 g/mol. The number of aromatic amines is 1. The van der Waals surface area contributed by atoms with Crippen molar-refractivity contribution in [2.45, 2.75) is 51.5 Å². The lowest BCUT2D eigenvalue weighted by Crippen LogP contribution is -2.15. The third kappa shape index (κ3) is 2.01. The summed E-state index contributed by atoms with van der Waals surface area (Å²) in [6.07, 6.45) is 9.66. The zero-order valence-electron chi connectivity index (χ0n) is 8.97. The average molecular weight is 192 g/mol. The van der Waals surface area contributed by atoms with Crippen LogP contribution >= 0.6 is 0 Å². The van der Waals surface area contributed by atoms with Crippen molar-refractivity contribution in [3.8, 4) is 0 Å². The third-order valence-electron chi connectivity index (χ3n) is 3.15. The molecule has 0 amide bonds. The number of hydrogen-bond acceptors (Lipinski definition) is 1. The summed E-state index contributed by atoms with van der Waals surface area (Å²) in [4.78, 5) is 3.41. The van der Waals surface area contributed by atoms with E-state index in [1.54, 1.807) is 5.56 Å². The highest BCUT2D eigenvalue weighted by molar-refractivity contribution is 5.33. The highest BCUT2D eigenvalue weighted by Gasteiger charge is 2.14. The van der Waals surface area contributed by atoms with Crippen LogP contribution in [0.25, 0.3) is 0 Å². The number of aromatic nitrogens is 1. The van der Waals surface area contributed by atoms with Crippen LogP contribution < -0.4 is 5.73 Å². The van der Waals surface area contributed by atoms with Crippen molar-refractivity contribution in [2.75, 3.05) is 0 Å². The van der Waals surface area contributed by atoms with Crippen molar-refractivity contribution in [3.63, 3.8) is 0 Å². The maximum absolute atomic E-state index is 5.77. The van der Waals surface area contributed by atoms with E-state index >= 15 is 0 Å². The molecule has 0 saturated heterocycles. The molecule has 1 aromatic rings. The molecule has 3 N–H and O–H groups in total. The summed E-state index contributed by atoms with van der Waals surface area (Å²) in [7, 11) is 0. The molecule has 1 aliphatic rings. The molecule has 0 spiro atoms. The van der Waals surface area contributed by atoms with Gasteiger partial charge in [0, 0.05) is 17.9 Å². The monoisotopic (exact) mass is 192 g/mol. The standard InChI is InChI=1S/C12H20N2/c1-9(13)6-7-10-8-14-12-5-3-2-4-11(10)12/h8-9,14H,2-7,13H2,1H3. The largest absolute Gasteiger partial charge is 0.364 e. The lowest BCUT2D eigenvalue weighted by molar-refractivity contribution is 0.648. The lowest BCUT2D eigenvalue weighted by Gasteiger charge is -2.13. The molecule has 0 bridgehead atoms. The van der Waals surface area contributed by atoms with Gasteiger partial charge in [0.1, 0.15) is 0 Å². The highest BCUT2D eigenvalue weighted by atomic mass is 14.7. The molecule has 1 heterocycles. The van der Waals surface area contributed by atoms with E-state index in [1.165, 1.54) is 36.9 Å². The maximum Gasteiger partial charge on any atom is 0.0182 e. The van der Waals surface area contributed by atoms with Gasteiger partial charge in [-0.05, 0) is 56.6 Å². The van der Waals surface area contributed by atoms with Crippen molar-refractivity contribution in [3.05, 3.63) is 23.0 Å². The summed E-state index contributed by atoms with van der Waals surface area (Å²) >= 11 is 0. The molecule has 1 atom stereocenters. The van der Waals surface area contributed by atoms with Crippen LogP contribution in [0.4, 0.5) is 0 Å². The van der Waals surface area contributed by atoms with Crippen molar-refractivity contribution in [1.82, 2.24) is 4.98 Å². The van der Waals surface area contributed by atoms with E-state index < -0.39 is 0 Å². The molecule has 0 aliphatic heterocycles. The molecule has 0 saturated carbocycles. The van der Waals surface area contributed by atoms with Gasteiger partial charge >= 0.3 is 0 Å². The van der Waals surface area contributed by atoms with E-state index in [9.17, 15) is 0 Å². The van der Waals surface area contributed by atoms with Gasteiger partial charge in [-0.25, -0.2) is 0 Å². The second-order valence-electron chi connectivity index (χ2n) is 4.49. The molecule has 0 radical (unpaired) electrons. The molecule has 2 heteroatoms. The summed E-state index contributed by atoms with van der Waals surface area (Å²) in [6, 6.07) is 0.323. The van der Waals surface area contributed by atoms with E-state index in [0.29, 0.717) is 6.04 Å². The summed E-state index contributed by atoms with van der Waals surface area (Å²) in [5.41, 5.74) is 10.4. The zero-order chi connectivity index (χ0) is 9.97. The maximum atomic E-state index is 5.77. The van der Waals surface area contributed by atoms with Crippen molar-refractivity contribution >= 4 is 0 Å².